The molecule has 19 heavy (non-hydrogen) atoms. The number of carbonyl (C=O) groups excluding carboxylic acids is 1. The van der Waals surface area contributed by atoms with Crippen molar-refractivity contribution in [1.29, 1.82) is 0 Å². The summed E-state index contributed by atoms with van der Waals surface area (Å²) in [5.74, 6) is 0.0475. The highest BCUT2D eigenvalue weighted by molar-refractivity contribution is 7.17. The average Bonchev–Trinajstić information content (AvgIpc) is 2.74. The molecule has 2 aromatic rings. The van der Waals surface area contributed by atoms with E-state index in [9.17, 15) is 4.79 Å². The minimum Gasteiger partial charge on any atom is -0.326 e. The molecular weight excluding hydrogens is 256 g/mol. The van der Waals surface area contributed by atoms with Crippen molar-refractivity contribution in [2.75, 3.05) is 11.9 Å². The Morgan fingerprint density at radius 2 is 2.05 bits per heavy atom. The van der Waals surface area contributed by atoms with Gasteiger partial charge in [0, 0.05) is 28.9 Å². The second kappa shape index (κ2) is 5.72. The molecule has 3 nitrogen and oxygen atoms in total. The van der Waals surface area contributed by atoms with Gasteiger partial charge in [0.05, 0.1) is 0 Å². The van der Waals surface area contributed by atoms with Crippen LogP contribution in [-0.2, 0) is 4.79 Å². The molecule has 0 aliphatic carbocycles. The van der Waals surface area contributed by atoms with Crippen molar-refractivity contribution in [3.63, 3.8) is 0 Å². The molecule has 0 saturated carbocycles. The Bertz CT molecular complexity index is 569. The monoisotopic (exact) mass is 276 g/mol. The van der Waals surface area contributed by atoms with E-state index in [0.29, 0.717) is 13.0 Å². The van der Waals surface area contributed by atoms with Crippen molar-refractivity contribution in [3.05, 3.63) is 29.6 Å². The lowest BCUT2D eigenvalue weighted by Crippen LogP contribution is -2.37. The quantitative estimate of drug-likeness (QED) is 0.895. The molecule has 102 valence electrons. The van der Waals surface area contributed by atoms with Crippen molar-refractivity contribution >= 4 is 33.0 Å². The van der Waals surface area contributed by atoms with Crippen LogP contribution in [0.15, 0.2) is 29.6 Å². The molecule has 0 aliphatic rings. The second-order valence-electron chi connectivity index (χ2n) is 5.65. The number of benzene rings is 1. The van der Waals surface area contributed by atoms with Gasteiger partial charge in [-0.15, -0.1) is 11.3 Å². The van der Waals surface area contributed by atoms with Crippen molar-refractivity contribution in [2.45, 2.75) is 32.7 Å². The zero-order valence-electron chi connectivity index (χ0n) is 11.6. The Balaban J connectivity index is 1.88. The van der Waals surface area contributed by atoms with Gasteiger partial charge in [0.2, 0.25) is 5.91 Å². The van der Waals surface area contributed by atoms with Crippen LogP contribution in [0.1, 0.15) is 27.2 Å². The first-order chi connectivity index (χ1) is 8.94. The summed E-state index contributed by atoms with van der Waals surface area (Å²) in [6, 6.07) is 8.08. The van der Waals surface area contributed by atoms with Crippen molar-refractivity contribution in [2.24, 2.45) is 0 Å². The number of amides is 1. The maximum Gasteiger partial charge on any atom is 0.225 e. The normalized spacial score (nSPS) is 11.7. The highest BCUT2D eigenvalue weighted by Gasteiger charge is 2.09. The van der Waals surface area contributed by atoms with Crippen LogP contribution < -0.4 is 10.6 Å². The predicted octanol–water partition coefficient (Wildman–Crippen LogP) is 3.62. The lowest BCUT2D eigenvalue weighted by molar-refractivity contribution is -0.116. The summed E-state index contributed by atoms with van der Waals surface area (Å²) in [7, 11) is 0. The highest BCUT2D eigenvalue weighted by Crippen LogP contribution is 2.23. The van der Waals surface area contributed by atoms with E-state index in [1.807, 2.05) is 18.2 Å². The number of nitrogens with one attached hydrogen (secondary N) is 2. The zero-order valence-corrected chi connectivity index (χ0v) is 12.4. The van der Waals surface area contributed by atoms with E-state index in [0.717, 1.165) is 5.69 Å². The highest BCUT2D eigenvalue weighted by atomic mass is 32.1. The molecule has 1 heterocycles. The van der Waals surface area contributed by atoms with Crippen molar-refractivity contribution in [1.82, 2.24) is 5.32 Å². The van der Waals surface area contributed by atoms with Gasteiger partial charge in [0.1, 0.15) is 0 Å². The number of hydrogen-bond acceptors (Lipinski definition) is 3. The maximum atomic E-state index is 11.8. The van der Waals surface area contributed by atoms with Crippen LogP contribution in [-0.4, -0.2) is 18.0 Å². The number of rotatable bonds is 4. The Hall–Kier alpha value is -1.39. The lowest BCUT2D eigenvalue weighted by atomic mass is 10.1. The van der Waals surface area contributed by atoms with Crippen LogP contribution in [0, 0.1) is 0 Å². The first-order valence-electron chi connectivity index (χ1n) is 6.46. The summed E-state index contributed by atoms with van der Waals surface area (Å²) in [6.07, 6.45) is 0.485. The van der Waals surface area contributed by atoms with Crippen molar-refractivity contribution in [3.8, 4) is 0 Å². The largest absolute Gasteiger partial charge is 0.326 e. The van der Waals surface area contributed by atoms with Gasteiger partial charge in [-0.2, -0.15) is 0 Å². The van der Waals surface area contributed by atoms with E-state index in [1.54, 1.807) is 11.3 Å². The third-order valence-corrected chi connectivity index (χ3v) is 3.64. The number of thiophene rings is 1. The molecular formula is C15H20N2OS. The summed E-state index contributed by atoms with van der Waals surface area (Å²) in [5.41, 5.74) is 0.919. The molecule has 0 bridgehead atoms. The number of carbonyl (C=O) groups is 1. The Kier molecular flexibility index (Phi) is 4.22. The second-order valence-corrected chi connectivity index (χ2v) is 6.60. The van der Waals surface area contributed by atoms with Gasteiger partial charge in [0.15, 0.2) is 0 Å². The Labute approximate surface area is 118 Å². The molecule has 0 radical (unpaired) electrons. The Morgan fingerprint density at radius 1 is 1.26 bits per heavy atom. The van der Waals surface area contributed by atoms with Gasteiger partial charge in [-0.1, -0.05) is 0 Å². The average molecular weight is 276 g/mol. The van der Waals surface area contributed by atoms with Gasteiger partial charge in [-0.3, -0.25) is 4.79 Å². The van der Waals surface area contributed by atoms with Crippen LogP contribution in [0.3, 0.4) is 0 Å². The predicted molar refractivity (Wildman–Crippen MR) is 82.8 cm³/mol. The molecule has 0 unspecified atom stereocenters. The number of hydrogen-bond donors (Lipinski definition) is 2. The first kappa shape index (κ1) is 14.0. The fraction of sp³-hybridized carbons (Fsp3) is 0.400. The summed E-state index contributed by atoms with van der Waals surface area (Å²) in [6.45, 7) is 6.97. The third-order valence-electron chi connectivity index (χ3n) is 2.74. The van der Waals surface area contributed by atoms with E-state index >= 15 is 0 Å². The first-order valence-corrected chi connectivity index (χ1v) is 7.34. The molecule has 0 aliphatic heterocycles. The van der Waals surface area contributed by atoms with Gasteiger partial charge in [-0.25, -0.2) is 0 Å². The SMILES string of the molecule is CC(C)(C)NCCC(=O)Nc1ccc2sccc2c1. The summed E-state index contributed by atoms with van der Waals surface area (Å²) in [5, 5.41) is 9.48. The molecule has 1 aromatic heterocycles. The standard InChI is InChI=1S/C15H20N2OS/c1-15(2,3)16-8-6-14(18)17-12-4-5-13-11(10-12)7-9-19-13/h4-5,7,9-10,16H,6,8H2,1-3H3,(H,17,18). The molecule has 1 aromatic carbocycles. The molecule has 0 saturated heterocycles. The Morgan fingerprint density at radius 3 is 2.79 bits per heavy atom. The van der Waals surface area contributed by atoms with Gasteiger partial charge in [0.25, 0.3) is 0 Å². The van der Waals surface area contributed by atoms with Crippen LogP contribution in [0.5, 0.6) is 0 Å². The minimum absolute atomic E-state index is 0.0475. The molecule has 4 heteroatoms. The van der Waals surface area contributed by atoms with Crippen molar-refractivity contribution < 1.29 is 4.79 Å². The molecule has 0 spiro atoms. The van der Waals surface area contributed by atoms with Crippen LogP contribution >= 0.6 is 11.3 Å². The molecule has 2 N–H and O–H groups in total. The smallest absolute Gasteiger partial charge is 0.225 e. The van der Waals surface area contributed by atoms with Crippen LogP contribution in [0.2, 0.25) is 0 Å². The van der Waals surface area contributed by atoms with Gasteiger partial charge >= 0.3 is 0 Å². The van der Waals surface area contributed by atoms with Crippen LogP contribution in [0.25, 0.3) is 10.1 Å². The topological polar surface area (TPSA) is 41.1 Å². The third kappa shape index (κ3) is 4.33. The van der Waals surface area contributed by atoms with E-state index in [4.69, 9.17) is 0 Å². The van der Waals surface area contributed by atoms with Crippen LogP contribution in [0.4, 0.5) is 5.69 Å². The fourth-order valence-corrected chi connectivity index (χ4v) is 2.59. The minimum atomic E-state index is 0.0475. The maximum absolute atomic E-state index is 11.8. The van der Waals surface area contributed by atoms with Gasteiger partial charge in [-0.05, 0) is 55.8 Å². The number of fused-ring (bicyclic) bond motifs is 1. The summed E-state index contributed by atoms with van der Waals surface area (Å²) >= 11 is 1.71. The van der Waals surface area contributed by atoms with E-state index in [2.05, 4.69) is 42.9 Å². The molecule has 0 atom stereocenters. The fourth-order valence-electron chi connectivity index (χ4n) is 1.82. The molecule has 1 amide bonds. The summed E-state index contributed by atoms with van der Waals surface area (Å²) < 4.78 is 1.24. The molecule has 0 fully saturated rings. The molecule has 2 rings (SSSR count). The lowest BCUT2D eigenvalue weighted by Gasteiger charge is -2.20. The zero-order chi connectivity index (χ0) is 13.9. The van der Waals surface area contributed by atoms with E-state index in [1.165, 1.54) is 10.1 Å². The van der Waals surface area contributed by atoms with Gasteiger partial charge < -0.3 is 10.6 Å². The van der Waals surface area contributed by atoms with E-state index in [-0.39, 0.29) is 11.4 Å². The number of anilines is 1. The summed E-state index contributed by atoms with van der Waals surface area (Å²) in [4.78, 5) is 11.8. The van der Waals surface area contributed by atoms with E-state index < -0.39 is 0 Å².